The summed E-state index contributed by atoms with van der Waals surface area (Å²) < 4.78 is 13.6. The summed E-state index contributed by atoms with van der Waals surface area (Å²) in [5.41, 5.74) is 1.79. The van der Waals surface area contributed by atoms with Gasteiger partial charge in [0.15, 0.2) is 0 Å². The van der Waals surface area contributed by atoms with Crippen LogP contribution in [0.5, 0.6) is 0 Å². The highest BCUT2D eigenvalue weighted by Crippen LogP contribution is 2.16. The van der Waals surface area contributed by atoms with E-state index in [1.54, 1.807) is 23.6 Å². The van der Waals surface area contributed by atoms with E-state index in [2.05, 4.69) is 15.6 Å². The molecule has 4 aromatic rings. The van der Waals surface area contributed by atoms with Gasteiger partial charge in [-0.1, -0.05) is 60.7 Å². The molecule has 0 atom stereocenters. The molecule has 3 aromatic carbocycles. The minimum Gasteiger partial charge on any atom is -0.350 e. The number of carbonyl (C=O) groups excluding carboxylic acids is 2. The Hall–Kier alpha value is -3.58. The highest BCUT2D eigenvalue weighted by atomic mass is 32.1. The molecule has 0 aliphatic rings. The van der Waals surface area contributed by atoms with Crippen molar-refractivity contribution in [1.82, 2.24) is 15.6 Å². The lowest BCUT2D eigenvalue weighted by Crippen LogP contribution is -2.27. The first-order chi connectivity index (χ1) is 15.6. The number of nitrogens with zero attached hydrogens (tertiary/aromatic N) is 1. The molecular weight excluding hydrogens is 425 g/mol. The van der Waals surface area contributed by atoms with E-state index < -0.39 is 0 Å². The zero-order valence-electron chi connectivity index (χ0n) is 17.3. The summed E-state index contributed by atoms with van der Waals surface area (Å²) >= 11 is 1.31. The Kier molecular flexibility index (Phi) is 6.87. The number of halogens is 1. The largest absolute Gasteiger partial charge is 0.350 e. The van der Waals surface area contributed by atoms with Gasteiger partial charge in [0.1, 0.15) is 16.5 Å². The van der Waals surface area contributed by atoms with Crippen molar-refractivity contribution in [1.29, 1.82) is 0 Å². The van der Waals surface area contributed by atoms with E-state index in [1.807, 2.05) is 42.5 Å². The van der Waals surface area contributed by atoms with Crippen LogP contribution in [0.2, 0.25) is 0 Å². The van der Waals surface area contributed by atoms with E-state index in [-0.39, 0.29) is 30.6 Å². The fourth-order valence-electron chi connectivity index (χ4n) is 3.37. The summed E-state index contributed by atoms with van der Waals surface area (Å²) in [6, 6.07) is 20.5. The monoisotopic (exact) mass is 447 g/mol. The van der Waals surface area contributed by atoms with E-state index in [0.29, 0.717) is 29.2 Å². The molecule has 4 rings (SSSR count). The molecule has 1 heterocycles. The van der Waals surface area contributed by atoms with Crippen LogP contribution in [0.4, 0.5) is 4.39 Å². The minimum atomic E-state index is -0.314. The molecule has 0 aliphatic heterocycles. The predicted molar refractivity (Wildman–Crippen MR) is 124 cm³/mol. The molecule has 0 bridgehead atoms. The second-order valence-corrected chi connectivity index (χ2v) is 8.30. The van der Waals surface area contributed by atoms with Crippen molar-refractivity contribution in [3.63, 3.8) is 0 Å². The van der Waals surface area contributed by atoms with E-state index >= 15 is 0 Å². The fraction of sp³-hybridized carbons (Fsp3) is 0.160. The number of carbonyl (C=O) groups is 2. The third-order valence-electron chi connectivity index (χ3n) is 5.04. The zero-order valence-corrected chi connectivity index (χ0v) is 18.1. The highest BCUT2D eigenvalue weighted by molar-refractivity contribution is 7.09. The number of fused-ring (bicyclic) bond motifs is 1. The Bertz CT molecular complexity index is 1250. The predicted octanol–water partition coefficient (Wildman–Crippen LogP) is 4.27. The normalized spacial score (nSPS) is 10.8. The molecule has 0 fully saturated rings. The van der Waals surface area contributed by atoms with Gasteiger partial charge in [0.2, 0.25) is 5.91 Å². The van der Waals surface area contributed by atoms with Crippen molar-refractivity contribution in [2.75, 3.05) is 6.54 Å². The van der Waals surface area contributed by atoms with Crippen LogP contribution in [0.1, 0.15) is 26.6 Å². The number of aromatic nitrogens is 1. The van der Waals surface area contributed by atoms with Gasteiger partial charge < -0.3 is 10.6 Å². The van der Waals surface area contributed by atoms with E-state index in [9.17, 15) is 14.0 Å². The summed E-state index contributed by atoms with van der Waals surface area (Å²) in [6.07, 6.45) is 0.680. The van der Waals surface area contributed by atoms with Gasteiger partial charge in [0.05, 0.1) is 13.0 Å². The number of benzene rings is 3. The van der Waals surface area contributed by atoms with Crippen molar-refractivity contribution in [3.05, 3.63) is 99.8 Å². The van der Waals surface area contributed by atoms with Gasteiger partial charge in [0.25, 0.3) is 5.91 Å². The van der Waals surface area contributed by atoms with Crippen LogP contribution in [0.3, 0.4) is 0 Å². The second kappa shape index (κ2) is 10.2. The Balaban J connectivity index is 1.24. The Morgan fingerprint density at radius 2 is 1.72 bits per heavy atom. The maximum Gasteiger partial charge on any atom is 0.270 e. The van der Waals surface area contributed by atoms with Crippen LogP contribution >= 0.6 is 11.3 Å². The SMILES string of the molecule is O=C(Cc1ccc2ccccc2c1)NCc1nc(C(=O)NCCc2ccccc2F)cs1. The number of rotatable bonds is 8. The first-order valence-corrected chi connectivity index (χ1v) is 11.2. The molecule has 2 N–H and O–H groups in total. The van der Waals surface area contributed by atoms with Gasteiger partial charge in [-0.25, -0.2) is 9.37 Å². The Labute approximate surface area is 189 Å². The van der Waals surface area contributed by atoms with Crippen molar-refractivity contribution in [2.24, 2.45) is 0 Å². The number of thiazole rings is 1. The standard InChI is InChI=1S/C25H22FN3O2S/c26-21-8-4-3-6-19(21)11-12-27-25(31)22-16-32-24(29-22)15-28-23(30)14-17-9-10-18-5-1-2-7-20(18)13-17/h1-10,13,16H,11-12,14-15H2,(H,27,31)(H,28,30). The molecule has 0 aliphatic carbocycles. The van der Waals surface area contributed by atoms with Gasteiger partial charge in [0, 0.05) is 11.9 Å². The molecule has 162 valence electrons. The molecule has 5 nitrogen and oxygen atoms in total. The molecule has 0 unspecified atom stereocenters. The average molecular weight is 448 g/mol. The van der Waals surface area contributed by atoms with Crippen LogP contribution in [0.15, 0.2) is 72.1 Å². The van der Waals surface area contributed by atoms with Crippen LogP contribution in [-0.2, 0) is 24.2 Å². The first-order valence-electron chi connectivity index (χ1n) is 10.3. The molecule has 0 spiro atoms. The Morgan fingerprint density at radius 1 is 0.938 bits per heavy atom. The zero-order chi connectivity index (χ0) is 22.3. The molecule has 0 saturated heterocycles. The number of amides is 2. The molecule has 0 saturated carbocycles. The maximum absolute atomic E-state index is 13.6. The van der Waals surface area contributed by atoms with E-state index in [1.165, 1.54) is 17.4 Å². The lowest BCUT2D eigenvalue weighted by molar-refractivity contribution is -0.120. The van der Waals surface area contributed by atoms with Crippen molar-refractivity contribution < 1.29 is 14.0 Å². The van der Waals surface area contributed by atoms with Crippen molar-refractivity contribution >= 4 is 33.9 Å². The molecule has 2 amide bonds. The van der Waals surface area contributed by atoms with Gasteiger partial charge in [-0.15, -0.1) is 11.3 Å². The topological polar surface area (TPSA) is 71.1 Å². The van der Waals surface area contributed by atoms with Crippen LogP contribution in [0.25, 0.3) is 10.8 Å². The second-order valence-electron chi connectivity index (χ2n) is 7.36. The quantitative estimate of drug-likeness (QED) is 0.424. The molecule has 32 heavy (non-hydrogen) atoms. The molecule has 1 aromatic heterocycles. The summed E-state index contributed by atoms with van der Waals surface area (Å²) in [5.74, 6) is -0.699. The maximum atomic E-state index is 13.6. The van der Waals surface area contributed by atoms with Crippen LogP contribution in [0, 0.1) is 5.82 Å². The van der Waals surface area contributed by atoms with Crippen LogP contribution in [-0.4, -0.2) is 23.3 Å². The van der Waals surface area contributed by atoms with Gasteiger partial charge in [-0.3, -0.25) is 9.59 Å². The third kappa shape index (κ3) is 5.56. The average Bonchev–Trinajstić information content (AvgIpc) is 3.28. The lowest BCUT2D eigenvalue weighted by Gasteiger charge is -2.05. The summed E-state index contributed by atoms with van der Waals surface area (Å²) in [6.45, 7) is 0.578. The van der Waals surface area contributed by atoms with Crippen molar-refractivity contribution in [2.45, 2.75) is 19.4 Å². The summed E-state index contributed by atoms with van der Waals surface area (Å²) in [7, 11) is 0. The summed E-state index contributed by atoms with van der Waals surface area (Å²) in [5, 5.41) is 10.1. The molecule has 0 radical (unpaired) electrons. The lowest BCUT2D eigenvalue weighted by atomic mass is 10.1. The van der Waals surface area contributed by atoms with E-state index in [4.69, 9.17) is 0 Å². The van der Waals surface area contributed by atoms with Crippen molar-refractivity contribution in [3.8, 4) is 0 Å². The number of nitrogens with one attached hydrogen (secondary N) is 2. The minimum absolute atomic E-state index is 0.105. The Morgan fingerprint density at radius 3 is 2.56 bits per heavy atom. The summed E-state index contributed by atoms with van der Waals surface area (Å²) in [4.78, 5) is 28.9. The van der Waals surface area contributed by atoms with Gasteiger partial charge >= 0.3 is 0 Å². The van der Waals surface area contributed by atoms with Crippen LogP contribution < -0.4 is 10.6 Å². The molecule has 7 heteroatoms. The van der Waals surface area contributed by atoms with Gasteiger partial charge in [-0.2, -0.15) is 0 Å². The highest BCUT2D eigenvalue weighted by Gasteiger charge is 2.12. The smallest absolute Gasteiger partial charge is 0.270 e. The number of hydrogen-bond acceptors (Lipinski definition) is 4. The number of hydrogen-bond donors (Lipinski definition) is 2. The van der Waals surface area contributed by atoms with Gasteiger partial charge in [-0.05, 0) is 34.4 Å². The fourth-order valence-corrected chi connectivity index (χ4v) is 4.08. The third-order valence-corrected chi connectivity index (χ3v) is 5.89. The first kappa shape index (κ1) is 21.6. The molecular formula is C25H22FN3O2S. The van der Waals surface area contributed by atoms with E-state index in [0.717, 1.165) is 16.3 Å².